The zero-order valence-corrected chi connectivity index (χ0v) is 25.7. The fourth-order valence-electron chi connectivity index (χ4n) is 7.72. The van der Waals surface area contributed by atoms with Gasteiger partial charge in [0.25, 0.3) is 0 Å². The summed E-state index contributed by atoms with van der Waals surface area (Å²) in [5.41, 5.74) is 9.81. The molecular formula is C46H29N. The molecule has 0 spiro atoms. The van der Waals surface area contributed by atoms with Gasteiger partial charge in [0.2, 0.25) is 0 Å². The zero-order valence-electron chi connectivity index (χ0n) is 25.7. The summed E-state index contributed by atoms with van der Waals surface area (Å²) >= 11 is 0. The van der Waals surface area contributed by atoms with Crippen LogP contribution in [0.1, 0.15) is 0 Å². The molecule has 0 unspecified atom stereocenters. The number of benzene rings is 9. The van der Waals surface area contributed by atoms with Crippen molar-refractivity contribution in [2.45, 2.75) is 0 Å². The molecule has 1 aromatic heterocycles. The predicted molar refractivity (Wildman–Crippen MR) is 202 cm³/mol. The Bertz CT molecular complexity index is 2800. The lowest BCUT2D eigenvalue weighted by atomic mass is 9.85. The van der Waals surface area contributed by atoms with Crippen molar-refractivity contribution in [1.29, 1.82) is 0 Å². The molecule has 0 atom stereocenters. The molecule has 0 aliphatic rings. The Kier molecular flexibility index (Phi) is 5.64. The van der Waals surface area contributed by atoms with Gasteiger partial charge < -0.3 is 4.98 Å². The van der Waals surface area contributed by atoms with Crippen LogP contribution in [0, 0.1) is 0 Å². The summed E-state index contributed by atoms with van der Waals surface area (Å²) in [6, 6.07) is 62.4. The number of aromatic nitrogens is 1. The molecule has 0 aliphatic carbocycles. The van der Waals surface area contributed by atoms with E-state index in [-0.39, 0.29) is 0 Å². The van der Waals surface area contributed by atoms with Crippen LogP contribution in [0.2, 0.25) is 0 Å². The van der Waals surface area contributed by atoms with Crippen LogP contribution < -0.4 is 0 Å². The summed E-state index contributed by atoms with van der Waals surface area (Å²) < 4.78 is 0. The van der Waals surface area contributed by atoms with Crippen molar-refractivity contribution < 1.29 is 0 Å². The maximum Gasteiger partial charge on any atom is 0.0471 e. The first-order valence-corrected chi connectivity index (χ1v) is 16.3. The van der Waals surface area contributed by atoms with Crippen LogP contribution in [0.25, 0.3) is 98.3 Å². The van der Waals surface area contributed by atoms with Gasteiger partial charge in [-0.3, -0.25) is 0 Å². The number of hydrogen-bond acceptors (Lipinski definition) is 0. The van der Waals surface area contributed by atoms with Gasteiger partial charge >= 0.3 is 0 Å². The molecule has 1 heteroatoms. The van der Waals surface area contributed by atoms with E-state index in [9.17, 15) is 0 Å². The molecule has 0 fully saturated rings. The Balaban J connectivity index is 1.18. The lowest BCUT2D eigenvalue weighted by Crippen LogP contribution is -1.91. The molecular weight excluding hydrogens is 567 g/mol. The molecule has 10 aromatic rings. The molecule has 0 radical (unpaired) electrons. The van der Waals surface area contributed by atoms with Gasteiger partial charge in [0.15, 0.2) is 0 Å². The van der Waals surface area contributed by atoms with E-state index in [1.165, 1.54) is 92.8 Å². The molecule has 10 rings (SSSR count). The normalized spacial score (nSPS) is 11.8. The monoisotopic (exact) mass is 595 g/mol. The molecule has 1 nitrogen and oxygen atoms in total. The summed E-state index contributed by atoms with van der Waals surface area (Å²) in [6.45, 7) is 0. The van der Waals surface area contributed by atoms with Gasteiger partial charge in [-0.05, 0) is 113 Å². The summed E-state index contributed by atoms with van der Waals surface area (Å²) in [6.07, 6.45) is 0. The van der Waals surface area contributed by atoms with Crippen LogP contribution >= 0.6 is 0 Å². The van der Waals surface area contributed by atoms with E-state index in [1.807, 2.05) is 0 Å². The van der Waals surface area contributed by atoms with E-state index in [4.69, 9.17) is 0 Å². The highest BCUT2D eigenvalue weighted by Gasteiger charge is 2.17. The molecule has 0 saturated heterocycles. The zero-order chi connectivity index (χ0) is 30.9. The Hall–Kier alpha value is -6.18. The van der Waals surface area contributed by atoms with Crippen LogP contribution in [0.5, 0.6) is 0 Å². The first kappa shape index (κ1) is 26.1. The Morgan fingerprint density at radius 1 is 0.255 bits per heavy atom. The Labute approximate surface area is 272 Å². The second-order valence-corrected chi connectivity index (χ2v) is 12.6. The number of H-pyrrole nitrogens is 1. The highest BCUT2D eigenvalue weighted by atomic mass is 14.7. The molecule has 47 heavy (non-hydrogen) atoms. The number of fused-ring (bicyclic) bond motifs is 7. The van der Waals surface area contributed by atoms with Crippen LogP contribution in [0.3, 0.4) is 0 Å². The second kappa shape index (κ2) is 10.2. The highest BCUT2D eigenvalue weighted by molar-refractivity contribution is 6.22. The summed E-state index contributed by atoms with van der Waals surface area (Å²) in [7, 11) is 0. The summed E-state index contributed by atoms with van der Waals surface area (Å²) in [5.74, 6) is 0. The van der Waals surface area contributed by atoms with Gasteiger partial charge in [0, 0.05) is 21.8 Å². The number of rotatable bonds is 3. The molecule has 9 aromatic carbocycles. The number of aromatic amines is 1. The largest absolute Gasteiger partial charge is 0.354 e. The minimum atomic E-state index is 1.16. The first-order chi connectivity index (χ1) is 23.3. The fraction of sp³-hybridized carbons (Fsp3) is 0. The Morgan fingerprint density at radius 3 is 1.43 bits per heavy atom. The van der Waals surface area contributed by atoms with Gasteiger partial charge in [-0.15, -0.1) is 0 Å². The molecule has 218 valence electrons. The van der Waals surface area contributed by atoms with Gasteiger partial charge in [-0.2, -0.15) is 0 Å². The third kappa shape index (κ3) is 4.10. The molecule has 0 amide bonds. The highest BCUT2D eigenvalue weighted by Crippen LogP contribution is 2.45. The minimum Gasteiger partial charge on any atom is -0.354 e. The molecule has 1 N–H and O–H groups in total. The van der Waals surface area contributed by atoms with Crippen molar-refractivity contribution in [1.82, 2.24) is 4.98 Å². The summed E-state index contributed by atoms with van der Waals surface area (Å²) in [5, 5.41) is 12.6. The molecule has 1 heterocycles. The minimum absolute atomic E-state index is 1.16. The number of nitrogens with one attached hydrogen (secondary N) is 1. The standard InChI is InChI=1S/C46H29N/c1-2-11-30-24-36(21-20-29(30)10-1)46-39-18-7-5-16-37(39)45(38-17-6-8-19-40(38)46)35-15-9-14-31(25-35)34-22-23-43-41(27-34)42-26-32-12-3-4-13-33(32)28-44(42)47-43/h1-28,47H. The van der Waals surface area contributed by atoms with E-state index in [0.717, 1.165) is 5.52 Å². The average Bonchev–Trinajstić information content (AvgIpc) is 3.49. The van der Waals surface area contributed by atoms with Gasteiger partial charge in [-0.25, -0.2) is 0 Å². The third-order valence-corrected chi connectivity index (χ3v) is 9.92. The van der Waals surface area contributed by atoms with E-state index in [2.05, 4.69) is 175 Å². The lowest BCUT2D eigenvalue weighted by Gasteiger charge is -2.18. The van der Waals surface area contributed by atoms with E-state index in [1.54, 1.807) is 0 Å². The van der Waals surface area contributed by atoms with E-state index in [0.29, 0.717) is 0 Å². The Morgan fingerprint density at radius 2 is 0.745 bits per heavy atom. The second-order valence-electron chi connectivity index (χ2n) is 12.6. The maximum atomic E-state index is 3.65. The van der Waals surface area contributed by atoms with Crippen LogP contribution in [0.4, 0.5) is 0 Å². The summed E-state index contributed by atoms with van der Waals surface area (Å²) in [4.78, 5) is 3.65. The lowest BCUT2D eigenvalue weighted by molar-refractivity contribution is 1.55. The molecule has 0 saturated carbocycles. The van der Waals surface area contributed by atoms with Crippen molar-refractivity contribution in [3.8, 4) is 33.4 Å². The topological polar surface area (TPSA) is 15.8 Å². The van der Waals surface area contributed by atoms with E-state index < -0.39 is 0 Å². The van der Waals surface area contributed by atoms with Crippen molar-refractivity contribution in [3.63, 3.8) is 0 Å². The van der Waals surface area contributed by atoms with Crippen LogP contribution in [-0.2, 0) is 0 Å². The maximum absolute atomic E-state index is 3.65. The predicted octanol–water partition coefficient (Wildman–Crippen LogP) is 12.9. The van der Waals surface area contributed by atoms with Crippen molar-refractivity contribution in [3.05, 3.63) is 170 Å². The SMILES string of the molecule is c1cc(-c2ccc3[nH]c4cc5ccccc5cc4c3c2)cc(-c2c3ccccc3c(-c3ccc4ccccc4c3)c3ccccc23)c1. The fourth-order valence-corrected chi connectivity index (χ4v) is 7.72. The smallest absolute Gasteiger partial charge is 0.0471 e. The quantitative estimate of drug-likeness (QED) is 0.196. The van der Waals surface area contributed by atoms with Crippen LogP contribution in [0.15, 0.2) is 170 Å². The van der Waals surface area contributed by atoms with Gasteiger partial charge in [0.05, 0.1) is 0 Å². The van der Waals surface area contributed by atoms with Crippen molar-refractivity contribution in [2.75, 3.05) is 0 Å². The van der Waals surface area contributed by atoms with Gasteiger partial charge in [0.1, 0.15) is 0 Å². The van der Waals surface area contributed by atoms with Gasteiger partial charge in [-0.1, -0.05) is 133 Å². The third-order valence-electron chi connectivity index (χ3n) is 9.92. The average molecular weight is 596 g/mol. The van der Waals surface area contributed by atoms with E-state index >= 15 is 0 Å². The number of hydrogen-bond donors (Lipinski definition) is 1. The van der Waals surface area contributed by atoms with Crippen molar-refractivity contribution >= 4 is 64.9 Å². The first-order valence-electron chi connectivity index (χ1n) is 16.3. The van der Waals surface area contributed by atoms with Crippen molar-refractivity contribution in [2.24, 2.45) is 0 Å². The molecule has 0 aliphatic heterocycles. The van der Waals surface area contributed by atoms with Crippen LogP contribution in [-0.4, -0.2) is 4.98 Å². The molecule has 0 bridgehead atoms.